The Hall–Kier alpha value is -2.18. The molecule has 1 aliphatic carbocycles. The molecule has 1 fully saturated rings. The van der Waals surface area contributed by atoms with Gasteiger partial charge in [0, 0.05) is 12.6 Å². The summed E-state index contributed by atoms with van der Waals surface area (Å²) in [6.45, 7) is 4.65. The molecule has 0 unspecified atom stereocenters. The summed E-state index contributed by atoms with van der Waals surface area (Å²) in [7, 11) is 0. The lowest BCUT2D eigenvalue weighted by atomic mass is 9.95. The molecule has 0 saturated heterocycles. The van der Waals surface area contributed by atoms with Gasteiger partial charge in [-0.05, 0) is 32.8 Å². The van der Waals surface area contributed by atoms with Crippen molar-refractivity contribution >= 4 is 5.91 Å². The van der Waals surface area contributed by atoms with E-state index in [9.17, 15) is 4.79 Å². The first-order valence-electron chi connectivity index (χ1n) is 8.32. The maximum Gasteiger partial charge on any atom is 0.276 e. The topological polar surface area (TPSA) is 85.8 Å². The molecule has 2 aromatic heterocycles. The van der Waals surface area contributed by atoms with E-state index in [0.29, 0.717) is 17.8 Å². The van der Waals surface area contributed by atoms with E-state index >= 15 is 0 Å². The standard InChI is InChI=1S/C16H23N5O2/c1-3-21-13(9-11(2)19-21)16-18-14(20-23-16)10-15(22)17-12-7-5-4-6-8-12/h9,12H,3-8,10H2,1-2H3,(H,17,22). The van der Waals surface area contributed by atoms with Gasteiger partial charge in [0.25, 0.3) is 5.89 Å². The van der Waals surface area contributed by atoms with E-state index in [4.69, 9.17) is 4.52 Å². The van der Waals surface area contributed by atoms with Gasteiger partial charge in [-0.25, -0.2) is 0 Å². The highest BCUT2D eigenvalue weighted by molar-refractivity contribution is 5.78. The van der Waals surface area contributed by atoms with Gasteiger partial charge in [0.15, 0.2) is 5.82 Å². The second-order valence-corrected chi connectivity index (χ2v) is 6.08. The molecule has 0 bridgehead atoms. The normalized spacial score (nSPS) is 15.7. The Morgan fingerprint density at radius 3 is 2.91 bits per heavy atom. The molecule has 1 saturated carbocycles. The number of hydrogen-bond donors (Lipinski definition) is 1. The quantitative estimate of drug-likeness (QED) is 0.914. The van der Waals surface area contributed by atoms with Gasteiger partial charge in [0.05, 0.1) is 12.1 Å². The number of rotatable bonds is 5. The fourth-order valence-corrected chi connectivity index (χ4v) is 3.06. The number of nitrogens with zero attached hydrogens (tertiary/aromatic N) is 4. The van der Waals surface area contributed by atoms with E-state index in [2.05, 4.69) is 20.6 Å². The SMILES string of the molecule is CCn1nc(C)cc1-c1nc(CC(=O)NC2CCCCC2)no1. The fourth-order valence-electron chi connectivity index (χ4n) is 3.06. The molecule has 1 aliphatic rings. The molecule has 0 atom stereocenters. The van der Waals surface area contributed by atoms with Crippen LogP contribution in [0.4, 0.5) is 0 Å². The average Bonchev–Trinajstić information content (AvgIpc) is 3.14. The van der Waals surface area contributed by atoms with Crippen molar-refractivity contribution in [2.45, 2.75) is 65.0 Å². The first-order valence-corrected chi connectivity index (χ1v) is 8.32. The summed E-state index contributed by atoms with van der Waals surface area (Å²) in [6.07, 6.45) is 5.94. The van der Waals surface area contributed by atoms with Gasteiger partial charge in [-0.3, -0.25) is 9.48 Å². The van der Waals surface area contributed by atoms with Gasteiger partial charge >= 0.3 is 0 Å². The fraction of sp³-hybridized carbons (Fsp3) is 0.625. The molecule has 7 heteroatoms. The minimum Gasteiger partial charge on any atom is -0.353 e. The van der Waals surface area contributed by atoms with Gasteiger partial charge in [-0.15, -0.1) is 0 Å². The van der Waals surface area contributed by atoms with Crippen molar-refractivity contribution in [3.63, 3.8) is 0 Å². The third-order valence-electron chi connectivity index (χ3n) is 4.18. The number of aromatic nitrogens is 4. The zero-order valence-electron chi connectivity index (χ0n) is 13.7. The van der Waals surface area contributed by atoms with Crippen molar-refractivity contribution in [2.24, 2.45) is 0 Å². The third-order valence-corrected chi connectivity index (χ3v) is 4.18. The second kappa shape index (κ2) is 6.93. The lowest BCUT2D eigenvalue weighted by Crippen LogP contribution is -2.37. The van der Waals surface area contributed by atoms with Crippen molar-refractivity contribution in [1.29, 1.82) is 0 Å². The second-order valence-electron chi connectivity index (χ2n) is 6.08. The molecule has 2 heterocycles. The Morgan fingerprint density at radius 2 is 2.17 bits per heavy atom. The van der Waals surface area contributed by atoms with Crippen LogP contribution in [0.5, 0.6) is 0 Å². The number of amides is 1. The molecule has 1 N–H and O–H groups in total. The molecular formula is C16H23N5O2. The van der Waals surface area contributed by atoms with E-state index in [1.54, 1.807) is 0 Å². The number of aryl methyl sites for hydroxylation is 2. The van der Waals surface area contributed by atoms with E-state index in [1.807, 2.05) is 24.6 Å². The van der Waals surface area contributed by atoms with Crippen LogP contribution < -0.4 is 5.32 Å². The summed E-state index contributed by atoms with van der Waals surface area (Å²) in [5, 5.41) is 11.3. The first kappa shape index (κ1) is 15.7. The highest BCUT2D eigenvalue weighted by Crippen LogP contribution is 2.19. The molecule has 0 radical (unpaired) electrons. The zero-order valence-corrected chi connectivity index (χ0v) is 13.7. The van der Waals surface area contributed by atoms with Gasteiger partial charge in [0.1, 0.15) is 5.69 Å². The molecule has 23 heavy (non-hydrogen) atoms. The van der Waals surface area contributed by atoms with Crippen LogP contribution in [-0.2, 0) is 17.8 Å². The smallest absolute Gasteiger partial charge is 0.276 e. The lowest BCUT2D eigenvalue weighted by Gasteiger charge is -2.22. The average molecular weight is 317 g/mol. The molecule has 0 spiro atoms. The molecular weight excluding hydrogens is 294 g/mol. The lowest BCUT2D eigenvalue weighted by molar-refractivity contribution is -0.121. The van der Waals surface area contributed by atoms with Crippen molar-refractivity contribution in [1.82, 2.24) is 25.2 Å². The number of hydrogen-bond acceptors (Lipinski definition) is 5. The maximum absolute atomic E-state index is 12.1. The minimum atomic E-state index is -0.0376. The predicted molar refractivity (Wildman–Crippen MR) is 84.6 cm³/mol. The summed E-state index contributed by atoms with van der Waals surface area (Å²) >= 11 is 0. The first-order chi connectivity index (χ1) is 11.2. The van der Waals surface area contributed by atoms with E-state index < -0.39 is 0 Å². The summed E-state index contributed by atoms with van der Waals surface area (Å²) in [5.74, 6) is 0.784. The Balaban J connectivity index is 1.63. The molecule has 2 aromatic rings. The van der Waals surface area contributed by atoms with Crippen LogP contribution in [0, 0.1) is 6.92 Å². The number of nitrogens with one attached hydrogen (secondary N) is 1. The number of carbonyl (C=O) groups is 1. The highest BCUT2D eigenvalue weighted by Gasteiger charge is 2.19. The maximum atomic E-state index is 12.1. The molecule has 7 nitrogen and oxygen atoms in total. The van der Waals surface area contributed by atoms with Crippen LogP contribution in [0.25, 0.3) is 11.6 Å². The van der Waals surface area contributed by atoms with Gasteiger partial charge < -0.3 is 9.84 Å². The summed E-state index contributed by atoms with van der Waals surface area (Å²) < 4.78 is 7.11. The summed E-state index contributed by atoms with van der Waals surface area (Å²) in [4.78, 5) is 16.4. The Morgan fingerprint density at radius 1 is 1.39 bits per heavy atom. The Bertz CT molecular complexity index is 670. The van der Waals surface area contributed by atoms with Crippen LogP contribution in [0.2, 0.25) is 0 Å². The van der Waals surface area contributed by atoms with Crippen LogP contribution in [0.1, 0.15) is 50.5 Å². The minimum absolute atomic E-state index is 0.0376. The van der Waals surface area contributed by atoms with Gasteiger partial charge in [-0.1, -0.05) is 24.4 Å². The highest BCUT2D eigenvalue weighted by atomic mass is 16.5. The Labute approximate surface area is 135 Å². The third kappa shape index (κ3) is 3.78. The van der Waals surface area contributed by atoms with Crippen molar-refractivity contribution < 1.29 is 9.32 Å². The monoisotopic (exact) mass is 317 g/mol. The van der Waals surface area contributed by atoms with E-state index in [-0.39, 0.29) is 12.3 Å². The van der Waals surface area contributed by atoms with E-state index in [1.165, 1.54) is 19.3 Å². The van der Waals surface area contributed by atoms with Crippen molar-refractivity contribution in [2.75, 3.05) is 0 Å². The van der Waals surface area contributed by atoms with Crippen molar-refractivity contribution in [3.05, 3.63) is 17.6 Å². The molecule has 0 aromatic carbocycles. The molecule has 1 amide bonds. The molecule has 124 valence electrons. The summed E-state index contributed by atoms with van der Waals surface area (Å²) in [5.41, 5.74) is 1.69. The van der Waals surface area contributed by atoms with Crippen LogP contribution in [0.3, 0.4) is 0 Å². The van der Waals surface area contributed by atoms with Crippen LogP contribution in [0.15, 0.2) is 10.6 Å². The predicted octanol–water partition coefficient (Wildman–Crippen LogP) is 2.25. The number of carbonyl (C=O) groups excluding carboxylic acids is 1. The van der Waals surface area contributed by atoms with E-state index in [0.717, 1.165) is 30.8 Å². The van der Waals surface area contributed by atoms with Crippen LogP contribution >= 0.6 is 0 Å². The van der Waals surface area contributed by atoms with Gasteiger partial charge in [0.2, 0.25) is 5.91 Å². The van der Waals surface area contributed by atoms with Gasteiger partial charge in [-0.2, -0.15) is 10.1 Å². The summed E-state index contributed by atoms with van der Waals surface area (Å²) in [6, 6.07) is 2.20. The molecule has 0 aliphatic heterocycles. The largest absolute Gasteiger partial charge is 0.353 e. The Kier molecular flexibility index (Phi) is 4.73. The van der Waals surface area contributed by atoms with Crippen molar-refractivity contribution in [3.8, 4) is 11.6 Å². The van der Waals surface area contributed by atoms with Crippen LogP contribution in [-0.4, -0.2) is 31.9 Å². The zero-order chi connectivity index (χ0) is 16.2. The molecule has 3 rings (SSSR count).